The third-order valence-electron chi connectivity index (χ3n) is 2.20. The third-order valence-corrected chi connectivity index (χ3v) is 2.20. The lowest BCUT2D eigenvalue weighted by Crippen LogP contribution is -2.38. The highest BCUT2D eigenvalue weighted by atomic mass is 16.2. The van der Waals surface area contributed by atoms with Crippen LogP contribution in [0.25, 0.3) is 0 Å². The third kappa shape index (κ3) is 1.49. The molecule has 0 spiro atoms. The predicted molar refractivity (Wildman–Crippen MR) is 47.9 cm³/mol. The summed E-state index contributed by atoms with van der Waals surface area (Å²) in [5.41, 5.74) is 6.11. The minimum absolute atomic E-state index is 0.0364. The normalized spacial score (nSPS) is 22.8. The molecule has 5 nitrogen and oxygen atoms in total. The number of amides is 1. The fraction of sp³-hybridized carbons (Fsp3) is 0.500. The number of carbonyl (C=O) groups excluding carboxylic acids is 1. The van der Waals surface area contributed by atoms with E-state index in [1.54, 1.807) is 17.1 Å². The average molecular weight is 180 g/mol. The number of rotatable bonds is 1. The molecule has 1 fully saturated rings. The van der Waals surface area contributed by atoms with Crippen LogP contribution in [0.15, 0.2) is 12.4 Å². The highest BCUT2D eigenvalue weighted by Crippen LogP contribution is 2.17. The van der Waals surface area contributed by atoms with Gasteiger partial charge in [-0.25, -0.2) is 0 Å². The summed E-state index contributed by atoms with van der Waals surface area (Å²) in [6.07, 6.45) is 5.08. The second-order valence-electron chi connectivity index (χ2n) is 3.20. The SMILES string of the molecule is Nc1cnn(C2CCCNC2=O)c1. The summed E-state index contributed by atoms with van der Waals surface area (Å²) in [7, 11) is 0. The van der Waals surface area contributed by atoms with Gasteiger partial charge >= 0.3 is 0 Å². The minimum Gasteiger partial charge on any atom is -0.396 e. The Balaban J connectivity index is 2.19. The number of nitrogen functional groups attached to an aromatic ring is 1. The Bertz CT molecular complexity index is 320. The average Bonchev–Trinajstić information content (AvgIpc) is 2.53. The van der Waals surface area contributed by atoms with Crippen molar-refractivity contribution in [2.45, 2.75) is 18.9 Å². The van der Waals surface area contributed by atoms with Crippen LogP contribution in [-0.4, -0.2) is 22.2 Å². The zero-order valence-electron chi connectivity index (χ0n) is 7.23. The van der Waals surface area contributed by atoms with Crippen molar-refractivity contribution in [2.75, 3.05) is 12.3 Å². The highest BCUT2D eigenvalue weighted by Gasteiger charge is 2.23. The molecule has 70 valence electrons. The molecule has 0 radical (unpaired) electrons. The van der Waals surface area contributed by atoms with Crippen molar-refractivity contribution >= 4 is 11.6 Å². The summed E-state index contributed by atoms with van der Waals surface area (Å²) >= 11 is 0. The Morgan fingerprint density at radius 1 is 1.69 bits per heavy atom. The molecule has 0 bridgehead atoms. The van der Waals surface area contributed by atoms with Gasteiger partial charge in [-0.2, -0.15) is 5.10 Å². The van der Waals surface area contributed by atoms with Gasteiger partial charge in [0.05, 0.1) is 11.9 Å². The number of anilines is 1. The van der Waals surface area contributed by atoms with Crippen LogP contribution in [0, 0.1) is 0 Å². The second-order valence-corrected chi connectivity index (χ2v) is 3.20. The number of hydrogen-bond acceptors (Lipinski definition) is 3. The maximum atomic E-state index is 11.4. The molecule has 1 unspecified atom stereocenters. The van der Waals surface area contributed by atoms with E-state index < -0.39 is 0 Å². The molecular formula is C8H12N4O. The van der Waals surface area contributed by atoms with E-state index in [9.17, 15) is 4.79 Å². The van der Waals surface area contributed by atoms with Crippen molar-refractivity contribution in [1.82, 2.24) is 15.1 Å². The summed E-state index contributed by atoms with van der Waals surface area (Å²) in [6.45, 7) is 0.770. The standard InChI is InChI=1S/C8H12N4O/c9-6-4-11-12(5-6)7-2-1-3-10-8(7)13/h4-5,7H,1-3,9H2,(H,10,13). The van der Waals surface area contributed by atoms with E-state index in [2.05, 4.69) is 10.4 Å². The number of nitrogens with two attached hydrogens (primary N) is 1. The smallest absolute Gasteiger partial charge is 0.244 e. The largest absolute Gasteiger partial charge is 0.396 e. The molecular weight excluding hydrogens is 168 g/mol. The zero-order valence-corrected chi connectivity index (χ0v) is 7.23. The molecule has 1 aromatic heterocycles. The molecule has 0 aliphatic carbocycles. The number of carbonyl (C=O) groups is 1. The lowest BCUT2D eigenvalue weighted by molar-refractivity contribution is -0.126. The predicted octanol–water partition coefficient (Wildman–Crippen LogP) is -0.0836. The number of hydrogen-bond donors (Lipinski definition) is 2. The summed E-state index contributed by atoms with van der Waals surface area (Å²) in [5.74, 6) is 0.0364. The first kappa shape index (κ1) is 8.10. The van der Waals surface area contributed by atoms with Gasteiger partial charge < -0.3 is 11.1 Å². The van der Waals surface area contributed by atoms with Gasteiger partial charge in [0.15, 0.2) is 0 Å². The van der Waals surface area contributed by atoms with Gasteiger partial charge in [-0.15, -0.1) is 0 Å². The maximum Gasteiger partial charge on any atom is 0.244 e. The van der Waals surface area contributed by atoms with Crippen molar-refractivity contribution in [2.24, 2.45) is 0 Å². The number of nitrogens with zero attached hydrogens (tertiary/aromatic N) is 2. The maximum absolute atomic E-state index is 11.4. The summed E-state index contributed by atoms with van der Waals surface area (Å²) in [6, 6.07) is -0.175. The first-order valence-corrected chi connectivity index (χ1v) is 4.35. The highest BCUT2D eigenvalue weighted by molar-refractivity contribution is 5.80. The zero-order chi connectivity index (χ0) is 9.26. The van der Waals surface area contributed by atoms with Crippen molar-refractivity contribution < 1.29 is 4.79 Å². The molecule has 1 aromatic rings. The fourth-order valence-electron chi connectivity index (χ4n) is 1.53. The van der Waals surface area contributed by atoms with Crippen LogP contribution in [0.1, 0.15) is 18.9 Å². The molecule has 1 aliphatic rings. The molecule has 5 heteroatoms. The minimum atomic E-state index is -0.175. The van der Waals surface area contributed by atoms with Gasteiger partial charge in [-0.1, -0.05) is 0 Å². The molecule has 1 amide bonds. The van der Waals surface area contributed by atoms with E-state index in [1.165, 1.54) is 0 Å². The first-order valence-electron chi connectivity index (χ1n) is 4.35. The van der Waals surface area contributed by atoms with Gasteiger partial charge in [-0.05, 0) is 12.8 Å². The Morgan fingerprint density at radius 2 is 2.54 bits per heavy atom. The number of nitrogens with one attached hydrogen (secondary N) is 1. The van der Waals surface area contributed by atoms with Crippen LogP contribution in [0.5, 0.6) is 0 Å². The molecule has 1 saturated heterocycles. The van der Waals surface area contributed by atoms with Crippen LogP contribution in [0.2, 0.25) is 0 Å². The van der Waals surface area contributed by atoms with Crippen molar-refractivity contribution in [1.29, 1.82) is 0 Å². The molecule has 2 heterocycles. The molecule has 1 atom stereocenters. The van der Waals surface area contributed by atoms with Crippen molar-refractivity contribution in [3.63, 3.8) is 0 Å². The second kappa shape index (κ2) is 3.08. The van der Waals surface area contributed by atoms with Gasteiger partial charge in [-0.3, -0.25) is 9.48 Å². The topological polar surface area (TPSA) is 72.9 Å². The van der Waals surface area contributed by atoms with E-state index in [1.807, 2.05) is 0 Å². The van der Waals surface area contributed by atoms with Crippen LogP contribution in [0.4, 0.5) is 5.69 Å². The fourth-order valence-corrected chi connectivity index (χ4v) is 1.53. The Morgan fingerprint density at radius 3 is 3.15 bits per heavy atom. The van der Waals surface area contributed by atoms with E-state index >= 15 is 0 Å². The van der Waals surface area contributed by atoms with E-state index in [-0.39, 0.29) is 11.9 Å². The van der Waals surface area contributed by atoms with E-state index in [4.69, 9.17) is 5.73 Å². The van der Waals surface area contributed by atoms with Crippen LogP contribution in [0.3, 0.4) is 0 Å². The lowest BCUT2D eigenvalue weighted by atomic mass is 10.1. The van der Waals surface area contributed by atoms with Crippen LogP contribution < -0.4 is 11.1 Å². The number of piperidine rings is 1. The molecule has 1 aliphatic heterocycles. The van der Waals surface area contributed by atoms with Gasteiger partial charge in [0.25, 0.3) is 0 Å². The molecule has 0 aromatic carbocycles. The molecule has 0 saturated carbocycles. The monoisotopic (exact) mass is 180 g/mol. The summed E-state index contributed by atoms with van der Waals surface area (Å²) in [5, 5.41) is 6.82. The Kier molecular flexibility index (Phi) is 1.92. The van der Waals surface area contributed by atoms with Gasteiger partial charge in [0.2, 0.25) is 5.91 Å². The summed E-state index contributed by atoms with van der Waals surface area (Å²) in [4.78, 5) is 11.4. The Labute approximate surface area is 75.9 Å². The van der Waals surface area contributed by atoms with Crippen LogP contribution >= 0.6 is 0 Å². The lowest BCUT2D eigenvalue weighted by Gasteiger charge is -2.21. The van der Waals surface area contributed by atoms with Gasteiger partial charge in [0, 0.05) is 12.7 Å². The van der Waals surface area contributed by atoms with E-state index in [0.29, 0.717) is 5.69 Å². The number of aromatic nitrogens is 2. The van der Waals surface area contributed by atoms with Crippen LogP contribution in [-0.2, 0) is 4.79 Å². The quantitative estimate of drug-likeness (QED) is 0.634. The van der Waals surface area contributed by atoms with Crippen molar-refractivity contribution in [3.05, 3.63) is 12.4 Å². The van der Waals surface area contributed by atoms with Gasteiger partial charge in [0.1, 0.15) is 6.04 Å². The Hall–Kier alpha value is -1.52. The van der Waals surface area contributed by atoms with E-state index in [0.717, 1.165) is 19.4 Å². The molecule has 2 rings (SSSR count). The first-order chi connectivity index (χ1) is 6.27. The molecule has 3 N–H and O–H groups in total. The molecule has 13 heavy (non-hydrogen) atoms. The van der Waals surface area contributed by atoms with Crippen molar-refractivity contribution in [3.8, 4) is 0 Å². The summed E-state index contributed by atoms with van der Waals surface area (Å²) < 4.78 is 1.63.